The van der Waals surface area contributed by atoms with Crippen LogP contribution < -0.4 is 5.32 Å². The third kappa shape index (κ3) is 8.69. The molecule has 4 saturated carbocycles. The molecule has 0 aromatic heterocycles. The molecule has 0 aromatic rings. The zero-order valence-electron chi connectivity index (χ0n) is 27.2. The lowest BCUT2D eigenvalue weighted by atomic mass is 9.44. The highest BCUT2D eigenvalue weighted by molar-refractivity contribution is 7.51. The second-order valence-corrected chi connectivity index (χ2v) is 16.7. The Kier molecular flexibility index (Phi) is 11.8. The highest BCUT2D eigenvalue weighted by Crippen LogP contribution is 2.68. The first kappa shape index (κ1) is 35.9. The van der Waals surface area contributed by atoms with Crippen LogP contribution in [0.1, 0.15) is 111 Å². The van der Waals surface area contributed by atoms with Gasteiger partial charge in [-0.25, -0.2) is 0 Å². The molecule has 9 atom stereocenters. The van der Waals surface area contributed by atoms with Gasteiger partial charge in [0.15, 0.2) is 0 Å². The minimum absolute atomic E-state index is 0.229. The highest BCUT2D eigenvalue weighted by atomic mass is 31.2. The molecule has 1 amide bonds. The molecule has 4 rings (SSSR count). The van der Waals surface area contributed by atoms with Crippen molar-refractivity contribution in [3.8, 4) is 0 Å². The Morgan fingerprint density at radius 3 is 2.29 bits per heavy atom. The zero-order chi connectivity index (χ0) is 33.0. The first-order valence-corrected chi connectivity index (χ1v) is 18.8. The smallest absolute Gasteiger partial charge is 0.328 e. The van der Waals surface area contributed by atoms with Crippen LogP contribution in [0.3, 0.4) is 0 Å². The predicted molar refractivity (Wildman–Crippen MR) is 166 cm³/mol. The van der Waals surface area contributed by atoms with Crippen LogP contribution in [0.4, 0.5) is 0 Å². The van der Waals surface area contributed by atoms with Crippen molar-refractivity contribution in [1.82, 2.24) is 5.32 Å². The Labute approximate surface area is 267 Å². The number of carboxylic acids is 1. The zero-order valence-corrected chi connectivity index (χ0v) is 28.1. The van der Waals surface area contributed by atoms with Gasteiger partial charge in [-0.2, -0.15) is 0 Å². The van der Waals surface area contributed by atoms with Gasteiger partial charge in [-0.1, -0.05) is 33.6 Å². The number of esters is 2. The summed E-state index contributed by atoms with van der Waals surface area (Å²) >= 11 is 0. The summed E-state index contributed by atoms with van der Waals surface area (Å²) in [5.74, 6) is -0.249. The number of amides is 1. The molecule has 4 aliphatic rings. The molecular weight excluding hydrogens is 601 g/mol. The molecule has 11 nitrogen and oxygen atoms in total. The van der Waals surface area contributed by atoms with E-state index >= 15 is 0 Å². The molecule has 256 valence electrons. The maximum atomic E-state index is 12.6. The standard InChI is InChI=1S/C33H54NO10P/c1-21(25-11-12-26-24-10-9-23-6-4-5-16-32(23,2)27(24)15-17-33(25,26)3)7-13-28(35)34-18-30(37)44-20-43-29(36)14-8-22(31(38)39)19-45(40,41)42/h21-27H,4-20H2,1-3H3,(H,34,35)(H,38,39)(H2,40,41,42)/t21-,22?,23?,24?,25?,26?,27?,32?,33?/m1/s1. The van der Waals surface area contributed by atoms with E-state index in [1.807, 2.05) is 0 Å². The monoisotopic (exact) mass is 655 g/mol. The molecule has 0 aliphatic heterocycles. The van der Waals surface area contributed by atoms with Crippen molar-refractivity contribution >= 4 is 31.4 Å². The van der Waals surface area contributed by atoms with Crippen molar-refractivity contribution in [3.05, 3.63) is 0 Å². The molecule has 0 bridgehead atoms. The number of nitrogens with one attached hydrogen (secondary N) is 1. The van der Waals surface area contributed by atoms with Crippen molar-refractivity contribution in [2.75, 3.05) is 19.5 Å². The maximum Gasteiger partial charge on any atom is 0.328 e. The van der Waals surface area contributed by atoms with Crippen molar-refractivity contribution in [1.29, 1.82) is 0 Å². The molecule has 8 unspecified atom stereocenters. The Bertz CT molecular complexity index is 1140. The Morgan fingerprint density at radius 2 is 1.58 bits per heavy atom. The van der Waals surface area contributed by atoms with Gasteiger partial charge in [0, 0.05) is 12.8 Å². The van der Waals surface area contributed by atoms with E-state index in [2.05, 4.69) is 26.1 Å². The van der Waals surface area contributed by atoms with Gasteiger partial charge in [0.2, 0.25) is 12.7 Å². The van der Waals surface area contributed by atoms with E-state index in [9.17, 15) is 23.7 Å². The Hall–Kier alpha value is -1.97. The van der Waals surface area contributed by atoms with Gasteiger partial charge in [-0.05, 0) is 111 Å². The van der Waals surface area contributed by atoms with Crippen LogP contribution in [0.5, 0.6) is 0 Å². The molecule has 12 heteroatoms. The summed E-state index contributed by atoms with van der Waals surface area (Å²) in [6.45, 7) is 6.37. The third-order valence-corrected chi connectivity index (χ3v) is 13.5. The maximum absolute atomic E-state index is 12.6. The molecule has 4 aliphatic carbocycles. The van der Waals surface area contributed by atoms with Gasteiger partial charge in [-0.15, -0.1) is 0 Å². The normalized spacial score (nSPS) is 33.9. The van der Waals surface area contributed by atoms with Gasteiger partial charge in [0.05, 0.1) is 12.1 Å². The lowest BCUT2D eigenvalue weighted by Gasteiger charge is -2.61. The second kappa shape index (κ2) is 14.8. The fraction of sp³-hybridized carbons (Fsp3) is 0.879. The van der Waals surface area contributed by atoms with E-state index in [1.54, 1.807) is 0 Å². The van der Waals surface area contributed by atoms with Gasteiger partial charge in [0.25, 0.3) is 0 Å². The van der Waals surface area contributed by atoms with Gasteiger partial charge < -0.3 is 29.7 Å². The molecule has 0 spiro atoms. The molecule has 4 fully saturated rings. The average Bonchev–Trinajstić information content (AvgIpc) is 3.33. The van der Waals surface area contributed by atoms with E-state index < -0.39 is 50.8 Å². The summed E-state index contributed by atoms with van der Waals surface area (Å²) in [6, 6.07) is 0. The van der Waals surface area contributed by atoms with Crippen LogP contribution in [0.25, 0.3) is 0 Å². The number of hydrogen-bond donors (Lipinski definition) is 4. The highest BCUT2D eigenvalue weighted by Gasteiger charge is 2.60. The minimum atomic E-state index is -4.56. The number of ether oxygens (including phenoxy) is 2. The SMILES string of the molecule is C[C@H](CCC(=O)NCC(=O)OCOC(=O)CCC(CP(=O)(O)O)C(=O)O)C1CCC2C3CCC4CCCCC4(C)C3CCC21C. The Morgan fingerprint density at radius 1 is 0.867 bits per heavy atom. The first-order chi connectivity index (χ1) is 21.1. The van der Waals surface area contributed by atoms with Crippen LogP contribution in [0.2, 0.25) is 0 Å². The number of carboxylic acid groups (broad SMARTS) is 1. The van der Waals surface area contributed by atoms with E-state index in [0.29, 0.717) is 29.1 Å². The van der Waals surface area contributed by atoms with Crippen molar-refractivity contribution < 1.29 is 48.1 Å². The van der Waals surface area contributed by atoms with Crippen LogP contribution in [-0.2, 0) is 33.2 Å². The summed E-state index contributed by atoms with van der Waals surface area (Å²) in [5.41, 5.74) is 0.874. The van der Waals surface area contributed by atoms with Crippen molar-refractivity contribution in [2.45, 2.75) is 111 Å². The number of aliphatic carboxylic acids is 1. The van der Waals surface area contributed by atoms with Crippen LogP contribution in [-0.4, -0.2) is 58.2 Å². The first-order valence-electron chi connectivity index (χ1n) is 17.0. The van der Waals surface area contributed by atoms with Gasteiger partial charge in [0.1, 0.15) is 6.54 Å². The number of fused-ring (bicyclic) bond motifs is 5. The van der Waals surface area contributed by atoms with Crippen molar-refractivity contribution in [2.24, 2.45) is 52.3 Å². The fourth-order valence-corrected chi connectivity index (χ4v) is 11.2. The number of hydrogen-bond acceptors (Lipinski definition) is 7. The van der Waals surface area contributed by atoms with Gasteiger partial charge >= 0.3 is 25.5 Å². The summed E-state index contributed by atoms with van der Waals surface area (Å²) in [4.78, 5) is 65.5. The summed E-state index contributed by atoms with van der Waals surface area (Å²) < 4.78 is 20.6. The predicted octanol–water partition coefficient (Wildman–Crippen LogP) is 5.27. The lowest BCUT2D eigenvalue weighted by molar-refractivity contribution is -0.167. The largest absolute Gasteiger partial charge is 0.481 e. The van der Waals surface area contributed by atoms with E-state index in [1.165, 1.54) is 64.2 Å². The third-order valence-electron chi connectivity index (χ3n) is 12.5. The van der Waals surface area contributed by atoms with Crippen LogP contribution in [0.15, 0.2) is 0 Å². The fourth-order valence-electron chi connectivity index (χ4n) is 10.2. The van der Waals surface area contributed by atoms with Crippen molar-refractivity contribution in [3.63, 3.8) is 0 Å². The van der Waals surface area contributed by atoms with Crippen LogP contribution in [0, 0.1) is 52.3 Å². The summed E-state index contributed by atoms with van der Waals surface area (Å²) in [6.07, 6.45) is 13.1. The lowest BCUT2D eigenvalue weighted by Crippen LogP contribution is -2.53. The quantitative estimate of drug-likeness (QED) is 0.110. The molecule has 0 radical (unpaired) electrons. The van der Waals surface area contributed by atoms with Crippen LogP contribution >= 0.6 is 7.60 Å². The number of rotatable bonds is 14. The van der Waals surface area contributed by atoms with Gasteiger partial charge in [-0.3, -0.25) is 23.7 Å². The molecule has 0 aromatic carbocycles. The molecular formula is C33H54NO10P. The summed E-state index contributed by atoms with van der Waals surface area (Å²) in [5, 5.41) is 11.6. The summed E-state index contributed by atoms with van der Waals surface area (Å²) in [7, 11) is -4.56. The number of carbonyl (C=O) groups excluding carboxylic acids is 3. The molecule has 45 heavy (non-hydrogen) atoms. The average molecular weight is 656 g/mol. The van der Waals surface area contributed by atoms with E-state index in [-0.39, 0.29) is 18.9 Å². The molecule has 4 N–H and O–H groups in total. The van der Waals surface area contributed by atoms with E-state index in [0.717, 1.165) is 30.1 Å². The number of carbonyl (C=O) groups is 4. The minimum Gasteiger partial charge on any atom is -0.481 e. The second-order valence-electron chi connectivity index (χ2n) is 15.0. The molecule has 0 saturated heterocycles. The Balaban J connectivity index is 1.14. The van der Waals surface area contributed by atoms with E-state index in [4.69, 9.17) is 24.4 Å². The molecule has 0 heterocycles. The topological polar surface area (TPSA) is 177 Å².